The van der Waals surface area contributed by atoms with Crippen LogP contribution in [0.3, 0.4) is 0 Å². The van der Waals surface area contributed by atoms with Crippen molar-refractivity contribution in [3.05, 3.63) is 23.3 Å². The van der Waals surface area contributed by atoms with E-state index in [1.165, 1.54) is 0 Å². The summed E-state index contributed by atoms with van der Waals surface area (Å²) in [6.45, 7) is 2.18. The van der Waals surface area contributed by atoms with Crippen LogP contribution >= 0.6 is 0 Å². The highest BCUT2D eigenvalue weighted by Crippen LogP contribution is 2.01. The Morgan fingerprint density at radius 2 is 1.28 bits per heavy atom. The molecule has 11 nitrogen and oxygen atoms in total. The van der Waals surface area contributed by atoms with Gasteiger partial charge in [0.1, 0.15) is 6.04 Å². The van der Waals surface area contributed by atoms with Crippen LogP contribution in [0.2, 0.25) is 0 Å². The van der Waals surface area contributed by atoms with Gasteiger partial charge in [-0.3, -0.25) is 4.79 Å². The van der Waals surface area contributed by atoms with Crippen LogP contribution in [-0.4, -0.2) is 52.1 Å². The van der Waals surface area contributed by atoms with Crippen LogP contribution in [0.4, 0.5) is 0 Å². The third kappa shape index (κ3) is 8.76. The maximum atomic E-state index is 11.5. The van der Waals surface area contributed by atoms with E-state index in [4.69, 9.17) is 15.9 Å². The van der Waals surface area contributed by atoms with Gasteiger partial charge < -0.3 is 25.4 Å². The summed E-state index contributed by atoms with van der Waals surface area (Å²) in [4.78, 5) is 66.3. The Hall–Kier alpha value is -3.34. The Morgan fingerprint density at radius 3 is 1.68 bits per heavy atom. The lowest BCUT2D eigenvalue weighted by atomic mass is 10.2. The van der Waals surface area contributed by atoms with Gasteiger partial charge in [-0.2, -0.15) is 0 Å². The van der Waals surface area contributed by atoms with Crippen molar-refractivity contribution >= 4 is 35.8 Å². The molecule has 136 valence electrons. The summed E-state index contributed by atoms with van der Waals surface area (Å²) in [5, 5.41) is 17.1. The lowest BCUT2D eigenvalue weighted by Gasteiger charge is -2.08. The number of aliphatic carboxylic acids is 2. The molecule has 0 aromatic rings. The molecule has 1 atom stereocenters. The lowest BCUT2D eigenvalue weighted by molar-refractivity contribution is -0.163. The van der Waals surface area contributed by atoms with E-state index in [9.17, 15) is 28.8 Å². The molecule has 0 aliphatic rings. The molecule has 0 saturated heterocycles. The van der Waals surface area contributed by atoms with Crippen molar-refractivity contribution in [2.45, 2.75) is 26.3 Å². The molecule has 0 rings (SSSR count). The first-order chi connectivity index (χ1) is 11.4. The van der Waals surface area contributed by atoms with Gasteiger partial charge in [0.2, 0.25) is 0 Å². The fourth-order valence-corrected chi connectivity index (χ4v) is 1.13. The predicted molar refractivity (Wildman–Crippen MR) is 77.6 cm³/mol. The highest BCUT2D eigenvalue weighted by atomic mass is 16.6. The number of carbonyl (C=O) groups excluding carboxylic acids is 4. The number of hydrogen-bond acceptors (Lipinski definition) is 9. The van der Waals surface area contributed by atoms with E-state index in [-0.39, 0.29) is 5.57 Å². The van der Waals surface area contributed by atoms with Crippen LogP contribution in [0.1, 0.15) is 20.3 Å². The van der Waals surface area contributed by atoms with E-state index in [0.717, 1.165) is 13.8 Å². The number of nitrogens with two attached hydrogens (primary N) is 1. The summed E-state index contributed by atoms with van der Waals surface area (Å²) in [5.74, 6) is -7.98. The molecular formula is C14H15NO10. The molecule has 0 fully saturated rings. The summed E-state index contributed by atoms with van der Waals surface area (Å²) < 4.78 is 8.42. The predicted octanol–water partition coefficient (Wildman–Crippen LogP) is -1.09. The van der Waals surface area contributed by atoms with Gasteiger partial charge in [0.05, 0.1) is 6.42 Å². The Balaban J connectivity index is 4.60. The number of esters is 4. The Kier molecular flexibility index (Phi) is 8.42. The van der Waals surface area contributed by atoms with Gasteiger partial charge in [-0.15, -0.1) is 0 Å². The van der Waals surface area contributed by atoms with Crippen LogP contribution in [0.25, 0.3) is 0 Å². The SMILES string of the molecule is C/C(=C/C(=O)OC(=O)C[C@H](N)C(=O)OC(=O)/C=C(/C)C(=O)O)C(=O)O. The standard InChI is InChI=1S/C14H15NO10/c1-6(12(19)20)3-9(16)24-11(18)5-8(15)14(23)25-10(17)4-7(2)13(21)22/h3-4,8H,5,15H2,1-2H3,(H,19,20)(H,21,22)/b6-3-,7-4-/t8-/m0/s1. The zero-order valence-corrected chi connectivity index (χ0v) is 13.2. The average molecular weight is 357 g/mol. The number of ether oxygens (including phenoxy) is 2. The quantitative estimate of drug-likeness (QED) is 0.285. The van der Waals surface area contributed by atoms with Gasteiger partial charge in [-0.05, 0) is 13.8 Å². The highest BCUT2D eigenvalue weighted by Gasteiger charge is 2.23. The van der Waals surface area contributed by atoms with Crippen LogP contribution in [0.5, 0.6) is 0 Å². The molecule has 0 unspecified atom stereocenters. The highest BCUT2D eigenvalue weighted by molar-refractivity contribution is 6.01. The van der Waals surface area contributed by atoms with Crippen molar-refractivity contribution in [2.24, 2.45) is 5.73 Å². The van der Waals surface area contributed by atoms with Gasteiger partial charge in [0.25, 0.3) is 0 Å². The minimum Gasteiger partial charge on any atom is -0.478 e. The van der Waals surface area contributed by atoms with Gasteiger partial charge in [-0.25, -0.2) is 24.0 Å². The first-order valence-corrected chi connectivity index (χ1v) is 6.53. The molecule has 0 aromatic carbocycles. The third-order valence-electron chi connectivity index (χ3n) is 2.45. The maximum Gasteiger partial charge on any atom is 0.338 e. The van der Waals surface area contributed by atoms with Crippen molar-refractivity contribution in [3.8, 4) is 0 Å². The number of carboxylic acid groups (broad SMARTS) is 2. The van der Waals surface area contributed by atoms with Crippen LogP contribution < -0.4 is 5.73 Å². The van der Waals surface area contributed by atoms with Crippen molar-refractivity contribution in [2.75, 3.05) is 0 Å². The number of carbonyl (C=O) groups is 6. The van der Waals surface area contributed by atoms with Crippen molar-refractivity contribution in [3.63, 3.8) is 0 Å². The van der Waals surface area contributed by atoms with E-state index < -0.39 is 53.9 Å². The van der Waals surface area contributed by atoms with Crippen LogP contribution in [0, 0.1) is 0 Å². The van der Waals surface area contributed by atoms with E-state index in [2.05, 4.69) is 9.47 Å². The molecule has 25 heavy (non-hydrogen) atoms. The second-order valence-corrected chi connectivity index (χ2v) is 4.61. The molecule has 0 spiro atoms. The first-order valence-electron chi connectivity index (χ1n) is 6.53. The molecular weight excluding hydrogens is 342 g/mol. The molecule has 0 saturated carbocycles. The summed E-state index contributed by atoms with van der Waals surface area (Å²) >= 11 is 0. The largest absolute Gasteiger partial charge is 0.478 e. The molecule has 0 amide bonds. The summed E-state index contributed by atoms with van der Waals surface area (Å²) in [5.41, 5.74) is 4.52. The normalized spacial score (nSPS) is 12.8. The van der Waals surface area contributed by atoms with Gasteiger partial charge in [0.15, 0.2) is 0 Å². The lowest BCUT2D eigenvalue weighted by Crippen LogP contribution is -2.36. The molecule has 0 aliphatic carbocycles. The third-order valence-corrected chi connectivity index (χ3v) is 2.45. The Morgan fingerprint density at radius 1 is 0.880 bits per heavy atom. The summed E-state index contributed by atoms with van der Waals surface area (Å²) in [6, 6.07) is -1.66. The molecule has 11 heteroatoms. The molecule has 0 aromatic heterocycles. The topological polar surface area (TPSA) is 187 Å². The molecule has 0 radical (unpaired) electrons. The fourth-order valence-electron chi connectivity index (χ4n) is 1.13. The number of rotatable bonds is 7. The molecule has 0 bridgehead atoms. The molecule has 0 aliphatic heterocycles. The average Bonchev–Trinajstić information content (AvgIpc) is 2.45. The van der Waals surface area contributed by atoms with Crippen molar-refractivity contribution in [1.82, 2.24) is 0 Å². The second-order valence-electron chi connectivity index (χ2n) is 4.61. The Labute approximate surface area is 140 Å². The van der Waals surface area contributed by atoms with Crippen LogP contribution in [0.15, 0.2) is 23.3 Å². The molecule has 4 N–H and O–H groups in total. The smallest absolute Gasteiger partial charge is 0.338 e. The maximum absolute atomic E-state index is 11.5. The zero-order chi connectivity index (χ0) is 19.7. The van der Waals surface area contributed by atoms with E-state index in [1.54, 1.807) is 0 Å². The fraction of sp³-hybridized carbons (Fsp3) is 0.286. The van der Waals surface area contributed by atoms with E-state index >= 15 is 0 Å². The van der Waals surface area contributed by atoms with Crippen LogP contribution in [-0.2, 0) is 38.2 Å². The number of hydrogen-bond donors (Lipinski definition) is 3. The number of carboxylic acids is 2. The summed E-state index contributed by atoms with van der Waals surface area (Å²) in [7, 11) is 0. The minimum absolute atomic E-state index is 0.382. The summed E-state index contributed by atoms with van der Waals surface area (Å²) in [6.07, 6.45) is 0.251. The van der Waals surface area contributed by atoms with Crippen molar-refractivity contribution < 1.29 is 48.5 Å². The first kappa shape index (κ1) is 21.7. The van der Waals surface area contributed by atoms with Gasteiger partial charge >= 0.3 is 35.8 Å². The zero-order valence-electron chi connectivity index (χ0n) is 13.2. The minimum atomic E-state index is -1.66. The van der Waals surface area contributed by atoms with E-state index in [1.807, 2.05) is 0 Å². The molecule has 0 heterocycles. The Bertz CT molecular complexity index is 673. The van der Waals surface area contributed by atoms with Crippen molar-refractivity contribution in [1.29, 1.82) is 0 Å². The monoisotopic (exact) mass is 357 g/mol. The van der Waals surface area contributed by atoms with E-state index in [0.29, 0.717) is 12.2 Å². The second kappa shape index (κ2) is 9.72. The van der Waals surface area contributed by atoms with Gasteiger partial charge in [-0.1, -0.05) is 0 Å². The van der Waals surface area contributed by atoms with Gasteiger partial charge in [0, 0.05) is 23.3 Å².